The molecular formula is C33H44ClN3O4S. The molecule has 0 aliphatic carbocycles. The Bertz CT molecular complexity index is 1230. The molecule has 0 aliphatic heterocycles. The zero-order chi connectivity index (χ0) is 31.3. The van der Waals surface area contributed by atoms with Gasteiger partial charge in [0, 0.05) is 17.9 Å². The number of benzene rings is 2. The third-order valence-electron chi connectivity index (χ3n) is 6.65. The molecule has 0 bridgehead atoms. The van der Waals surface area contributed by atoms with E-state index in [0.717, 1.165) is 37.7 Å². The lowest BCUT2D eigenvalue weighted by Crippen LogP contribution is -2.53. The summed E-state index contributed by atoms with van der Waals surface area (Å²) in [5.41, 5.74) is 1.45. The summed E-state index contributed by atoms with van der Waals surface area (Å²) in [5.74, 6) is 1.72. The second kappa shape index (κ2) is 17.1. The summed E-state index contributed by atoms with van der Waals surface area (Å²) in [6, 6.07) is 10.2. The van der Waals surface area contributed by atoms with Gasteiger partial charge in [-0.1, -0.05) is 86.9 Å². The fraction of sp³-hybridized carbons (Fsp3) is 0.485. The van der Waals surface area contributed by atoms with E-state index in [1.807, 2.05) is 13.0 Å². The van der Waals surface area contributed by atoms with Crippen LogP contribution in [0.4, 0.5) is 10.5 Å². The minimum Gasteiger partial charge on any atom is -0.444 e. The Hall–Kier alpha value is -3.15. The molecule has 0 saturated carbocycles. The number of ether oxygens (including phenoxy) is 1. The third kappa shape index (κ3) is 10.6. The summed E-state index contributed by atoms with van der Waals surface area (Å²) in [5, 5.41) is 5.96. The van der Waals surface area contributed by atoms with Gasteiger partial charge < -0.3 is 20.3 Å². The quantitative estimate of drug-likeness (QED) is 0.118. The number of halogens is 1. The highest BCUT2D eigenvalue weighted by Gasteiger charge is 2.37. The van der Waals surface area contributed by atoms with Crippen LogP contribution in [0.25, 0.3) is 0 Å². The van der Waals surface area contributed by atoms with Gasteiger partial charge in [0.15, 0.2) is 0 Å². The zero-order valence-electron chi connectivity index (χ0n) is 25.3. The van der Waals surface area contributed by atoms with Crippen LogP contribution in [-0.4, -0.2) is 46.7 Å². The number of unbranched alkanes of at least 4 members (excludes halogenated alkanes) is 5. The van der Waals surface area contributed by atoms with Gasteiger partial charge in [-0.15, -0.1) is 6.42 Å². The zero-order valence-corrected chi connectivity index (χ0v) is 27.0. The number of hydrogen-bond acceptors (Lipinski definition) is 5. The molecule has 7 nitrogen and oxygen atoms in total. The Morgan fingerprint density at radius 1 is 1.05 bits per heavy atom. The summed E-state index contributed by atoms with van der Waals surface area (Å²) in [6.07, 6.45) is 11.0. The second-order valence-corrected chi connectivity index (χ2v) is 12.0. The number of alkyl carbamates (subject to hydrolysis) is 1. The first kappa shape index (κ1) is 35.0. The van der Waals surface area contributed by atoms with E-state index < -0.39 is 35.6 Å². The Kier molecular flexibility index (Phi) is 14.3. The minimum absolute atomic E-state index is 0.000176. The van der Waals surface area contributed by atoms with Crippen LogP contribution >= 0.6 is 24.2 Å². The van der Waals surface area contributed by atoms with Gasteiger partial charge >= 0.3 is 6.09 Å². The van der Waals surface area contributed by atoms with Crippen molar-refractivity contribution in [3.05, 3.63) is 64.2 Å². The summed E-state index contributed by atoms with van der Waals surface area (Å²) in [6.45, 7) is 9.48. The van der Waals surface area contributed by atoms with Crippen LogP contribution in [0.15, 0.2) is 42.5 Å². The summed E-state index contributed by atoms with van der Waals surface area (Å²) < 4.78 is 5.40. The third-order valence-corrected chi connectivity index (χ3v) is 7.33. The molecule has 0 aromatic heterocycles. The Morgan fingerprint density at radius 2 is 1.71 bits per heavy atom. The first-order chi connectivity index (χ1) is 19.9. The van der Waals surface area contributed by atoms with Crippen molar-refractivity contribution in [3.63, 3.8) is 0 Å². The molecule has 0 saturated heterocycles. The SMILES string of the molecule is C#Cc1ccccc1C(C(=O)Nc1c(C)cccc1Cl)N(CCCCCCCC)C(=O)C(CS)NC(=O)OC(C)(C)C. The Labute approximate surface area is 261 Å². The fourth-order valence-corrected chi connectivity index (χ4v) is 5.08. The van der Waals surface area contributed by atoms with Crippen LogP contribution in [0, 0.1) is 19.3 Å². The lowest BCUT2D eigenvalue weighted by atomic mass is 9.97. The van der Waals surface area contributed by atoms with E-state index in [1.165, 1.54) is 4.90 Å². The van der Waals surface area contributed by atoms with Crippen molar-refractivity contribution >= 4 is 47.8 Å². The highest BCUT2D eigenvalue weighted by Crippen LogP contribution is 2.31. The van der Waals surface area contributed by atoms with Crippen molar-refractivity contribution in [1.29, 1.82) is 0 Å². The van der Waals surface area contributed by atoms with E-state index in [-0.39, 0.29) is 12.3 Å². The predicted octanol–water partition coefficient (Wildman–Crippen LogP) is 7.32. The number of amides is 3. The molecule has 3 amide bonds. The molecule has 2 aromatic rings. The molecule has 0 spiro atoms. The van der Waals surface area contributed by atoms with Gasteiger partial charge in [-0.3, -0.25) is 9.59 Å². The fourth-order valence-electron chi connectivity index (χ4n) is 4.56. The smallest absolute Gasteiger partial charge is 0.408 e. The van der Waals surface area contributed by atoms with Crippen molar-refractivity contribution in [3.8, 4) is 12.3 Å². The topological polar surface area (TPSA) is 87.7 Å². The summed E-state index contributed by atoms with van der Waals surface area (Å²) in [7, 11) is 0. The monoisotopic (exact) mass is 613 g/mol. The average Bonchev–Trinajstić information content (AvgIpc) is 2.93. The van der Waals surface area contributed by atoms with Gasteiger partial charge in [-0.05, 0) is 57.4 Å². The molecule has 0 aliphatic rings. The molecule has 0 heterocycles. The number of rotatable bonds is 14. The summed E-state index contributed by atoms with van der Waals surface area (Å²) in [4.78, 5) is 42.5. The number of nitrogens with zero attached hydrogens (tertiary/aromatic N) is 1. The van der Waals surface area contributed by atoms with Crippen LogP contribution in [0.2, 0.25) is 5.02 Å². The maximum absolute atomic E-state index is 14.2. The average molecular weight is 614 g/mol. The van der Waals surface area contributed by atoms with E-state index in [1.54, 1.807) is 57.2 Å². The van der Waals surface area contributed by atoms with E-state index >= 15 is 0 Å². The summed E-state index contributed by atoms with van der Waals surface area (Å²) >= 11 is 10.8. The van der Waals surface area contributed by atoms with Crippen LogP contribution in [0.3, 0.4) is 0 Å². The Morgan fingerprint density at radius 3 is 2.33 bits per heavy atom. The number of hydrogen-bond donors (Lipinski definition) is 3. The number of carbonyl (C=O) groups excluding carboxylic acids is 3. The highest BCUT2D eigenvalue weighted by molar-refractivity contribution is 7.80. The normalized spacial score (nSPS) is 12.5. The minimum atomic E-state index is -1.10. The van der Waals surface area contributed by atoms with Crippen molar-refractivity contribution in [2.75, 3.05) is 17.6 Å². The number of aryl methyl sites for hydroxylation is 1. The van der Waals surface area contributed by atoms with Crippen LogP contribution in [-0.2, 0) is 14.3 Å². The molecular weight excluding hydrogens is 570 g/mol. The van der Waals surface area contributed by atoms with Crippen molar-refractivity contribution in [1.82, 2.24) is 10.2 Å². The predicted molar refractivity (Wildman–Crippen MR) is 174 cm³/mol. The van der Waals surface area contributed by atoms with Crippen LogP contribution < -0.4 is 10.6 Å². The first-order valence-corrected chi connectivity index (χ1v) is 15.5. The molecule has 2 rings (SSSR count). The number of nitrogens with one attached hydrogen (secondary N) is 2. The second-order valence-electron chi connectivity index (χ2n) is 11.2. The molecule has 42 heavy (non-hydrogen) atoms. The van der Waals surface area contributed by atoms with Gasteiger partial charge in [0.25, 0.3) is 5.91 Å². The molecule has 2 N–H and O–H groups in total. The van der Waals surface area contributed by atoms with E-state index in [2.05, 4.69) is 36.1 Å². The number of thiol groups is 1. The molecule has 9 heteroatoms. The largest absolute Gasteiger partial charge is 0.444 e. The van der Waals surface area contributed by atoms with Crippen molar-refractivity contribution < 1.29 is 19.1 Å². The lowest BCUT2D eigenvalue weighted by molar-refractivity contribution is -0.140. The standard InChI is InChI=1S/C33H44ClN3O4S/c1-7-9-10-11-12-15-21-37(31(39)27(22-42)35-32(40)41-33(4,5)6)29(25-19-14-13-18-24(25)8-2)30(38)36-28-23(3)17-16-20-26(28)34/h2,13-14,16-20,27,29,42H,7,9-12,15,21-22H2,1,3-6H3,(H,35,40)(H,36,38). The molecule has 2 aromatic carbocycles. The lowest BCUT2D eigenvalue weighted by Gasteiger charge is -2.35. The number of carbonyl (C=O) groups is 3. The van der Waals surface area contributed by atoms with E-state index in [0.29, 0.717) is 28.3 Å². The highest BCUT2D eigenvalue weighted by atomic mass is 35.5. The molecule has 228 valence electrons. The van der Waals surface area contributed by atoms with Gasteiger partial charge in [0.1, 0.15) is 17.7 Å². The number of terminal acetylenes is 1. The van der Waals surface area contributed by atoms with Crippen molar-refractivity contribution in [2.45, 2.75) is 90.8 Å². The van der Waals surface area contributed by atoms with Crippen molar-refractivity contribution in [2.24, 2.45) is 0 Å². The van der Waals surface area contributed by atoms with Crippen LogP contribution in [0.5, 0.6) is 0 Å². The van der Waals surface area contributed by atoms with Gasteiger partial charge in [0.2, 0.25) is 5.91 Å². The van der Waals surface area contributed by atoms with Gasteiger partial charge in [-0.2, -0.15) is 12.6 Å². The molecule has 0 radical (unpaired) electrons. The maximum Gasteiger partial charge on any atom is 0.408 e. The number of anilines is 1. The number of para-hydroxylation sites is 1. The van der Waals surface area contributed by atoms with Gasteiger partial charge in [-0.25, -0.2) is 4.79 Å². The van der Waals surface area contributed by atoms with Crippen LogP contribution in [0.1, 0.15) is 89.0 Å². The molecule has 2 unspecified atom stereocenters. The van der Waals surface area contributed by atoms with E-state index in [9.17, 15) is 14.4 Å². The Balaban J connectivity index is 2.55. The van der Waals surface area contributed by atoms with E-state index in [4.69, 9.17) is 22.8 Å². The maximum atomic E-state index is 14.2. The first-order valence-electron chi connectivity index (χ1n) is 14.5. The molecule has 2 atom stereocenters. The van der Waals surface area contributed by atoms with Gasteiger partial charge in [0.05, 0.1) is 10.7 Å². The molecule has 0 fully saturated rings.